The second-order valence-corrected chi connectivity index (χ2v) is 8.02. The average molecular weight is 366 g/mol. The number of pyridine rings is 1. The summed E-state index contributed by atoms with van der Waals surface area (Å²) in [5.74, 6) is 0.117. The molecule has 0 saturated carbocycles. The van der Waals surface area contributed by atoms with Crippen LogP contribution in [0.1, 0.15) is 15.9 Å². The molecule has 0 unspecified atom stereocenters. The molecule has 0 aliphatic heterocycles. The van der Waals surface area contributed by atoms with Crippen molar-refractivity contribution in [3.05, 3.63) is 65.0 Å². The number of sulfonamides is 1. The van der Waals surface area contributed by atoms with E-state index in [1.54, 1.807) is 42.5 Å². The molecule has 0 fully saturated rings. The first-order valence-electron chi connectivity index (χ1n) is 7.23. The van der Waals surface area contributed by atoms with Gasteiger partial charge < -0.3 is 5.21 Å². The fraction of sp³-hybridized carbons (Fsp3) is 0.250. The molecule has 0 atom stereocenters. The second-order valence-electron chi connectivity index (χ2n) is 5.19. The number of carbonyl (C=O) groups excluding carboxylic acids is 1. The number of hydrogen-bond donors (Lipinski definition) is 1. The van der Waals surface area contributed by atoms with Crippen molar-refractivity contribution in [3.63, 3.8) is 0 Å². The minimum atomic E-state index is -3.19. The van der Waals surface area contributed by atoms with Gasteiger partial charge in [-0.15, -0.1) is 0 Å². The molecule has 2 aromatic rings. The molecule has 0 radical (unpaired) electrons. The van der Waals surface area contributed by atoms with Crippen LogP contribution in [0.3, 0.4) is 0 Å². The number of nitrogens with zero attached hydrogens (tertiary/aromatic N) is 1. The monoisotopic (exact) mass is 366 g/mol. The summed E-state index contributed by atoms with van der Waals surface area (Å²) in [4.78, 5) is 12.2. The SMILES string of the molecule is CS(=O)(=O)NCCc1ccc(C(=O)CSc2cccc[n+]2[O-])cc1. The molecule has 128 valence electrons. The average Bonchev–Trinajstić information content (AvgIpc) is 2.53. The van der Waals surface area contributed by atoms with Crippen molar-refractivity contribution in [1.82, 2.24) is 4.72 Å². The van der Waals surface area contributed by atoms with Crippen molar-refractivity contribution in [2.45, 2.75) is 11.4 Å². The van der Waals surface area contributed by atoms with Crippen LogP contribution in [-0.2, 0) is 16.4 Å². The van der Waals surface area contributed by atoms with Gasteiger partial charge in [0.15, 0.2) is 12.0 Å². The topological polar surface area (TPSA) is 90.2 Å². The zero-order valence-electron chi connectivity index (χ0n) is 13.1. The number of benzene rings is 1. The summed E-state index contributed by atoms with van der Waals surface area (Å²) < 4.78 is 25.1. The van der Waals surface area contributed by atoms with Crippen LogP contribution in [0.2, 0.25) is 0 Å². The third-order valence-corrected chi connectivity index (χ3v) is 4.94. The highest BCUT2D eigenvalue weighted by Gasteiger charge is 2.11. The Labute approximate surface area is 145 Å². The molecule has 0 aliphatic rings. The van der Waals surface area contributed by atoms with E-state index in [0.29, 0.717) is 23.6 Å². The summed E-state index contributed by atoms with van der Waals surface area (Å²) in [5.41, 5.74) is 1.51. The number of ketones is 1. The summed E-state index contributed by atoms with van der Waals surface area (Å²) in [6.45, 7) is 0.319. The van der Waals surface area contributed by atoms with Gasteiger partial charge in [-0.3, -0.25) is 4.79 Å². The molecule has 24 heavy (non-hydrogen) atoms. The Hall–Kier alpha value is -1.90. The third-order valence-electron chi connectivity index (χ3n) is 3.19. The highest BCUT2D eigenvalue weighted by atomic mass is 32.2. The number of thioether (sulfide) groups is 1. The van der Waals surface area contributed by atoms with Gasteiger partial charge in [-0.1, -0.05) is 24.3 Å². The van der Waals surface area contributed by atoms with E-state index in [2.05, 4.69) is 4.72 Å². The number of aromatic nitrogens is 1. The highest BCUT2D eigenvalue weighted by Crippen LogP contribution is 2.15. The molecular weight excluding hydrogens is 348 g/mol. The number of carbonyl (C=O) groups is 1. The Balaban J connectivity index is 1.88. The van der Waals surface area contributed by atoms with Crippen LogP contribution in [0.15, 0.2) is 53.7 Å². The van der Waals surface area contributed by atoms with Crippen LogP contribution < -0.4 is 9.45 Å². The van der Waals surface area contributed by atoms with E-state index in [1.165, 1.54) is 18.0 Å². The van der Waals surface area contributed by atoms with Gasteiger partial charge in [0.1, 0.15) is 0 Å². The standard InChI is InChI=1S/C16H18N2O4S2/c1-24(21,22)17-10-9-13-5-7-14(8-6-13)15(19)12-23-16-4-2-3-11-18(16)20/h2-8,11,17H,9-10,12H2,1H3. The second kappa shape index (κ2) is 8.27. The Morgan fingerprint density at radius 1 is 1.21 bits per heavy atom. The molecule has 0 amide bonds. The first-order valence-corrected chi connectivity index (χ1v) is 10.1. The van der Waals surface area contributed by atoms with Gasteiger partial charge in [0.25, 0.3) is 5.03 Å². The summed E-state index contributed by atoms with van der Waals surface area (Å²) in [7, 11) is -3.19. The predicted octanol–water partition coefficient (Wildman–Crippen LogP) is 1.39. The zero-order valence-corrected chi connectivity index (χ0v) is 14.8. The molecule has 1 aromatic heterocycles. The van der Waals surface area contributed by atoms with E-state index in [-0.39, 0.29) is 11.5 Å². The van der Waals surface area contributed by atoms with Crippen LogP contribution in [0.5, 0.6) is 0 Å². The van der Waals surface area contributed by atoms with Gasteiger partial charge >= 0.3 is 0 Å². The maximum absolute atomic E-state index is 12.2. The highest BCUT2D eigenvalue weighted by molar-refractivity contribution is 7.99. The van der Waals surface area contributed by atoms with E-state index < -0.39 is 10.0 Å². The van der Waals surface area contributed by atoms with Crippen molar-refractivity contribution >= 4 is 27.6 Å². The van der Waals surface area contributed by atoms with Crippen LogP contribution in [-0.4, -0.2) is 32.8 Å². The van der Waals surface area contributed by atoms with Crippen LogP contribution >= 0.6 is 11.8 Å². The van der Waals surface area contributed by atoms with Gasteiger partial charge in [-0.2, -0.15) is 4.73 Å². The van der Waals surface area contributed by atoms with Crippen molar-refractivity contribution in [1.29, 1.82) is 0 Å². The van der Waals surface area contributed by atoms with Gasteiger partial charge in [0.05, 0.1) is 12.0 Å². The molecule has 1 heterocycles. The van der Waals surface area contributed by atoms with Crippen LogP contribution in [0.4, 0.5) is 0 Å². The van der Waals surface area contributed by atoms with Gasteiger partial charge in [0, 0.05) is 24.2 Å². The maximum atomic E-state index is 12.2. The van der Waals surface area contributed by atoms with Crippen molar-refractivity contribution in [2.75, 3.05) is 18.6 Å². The molecule has 1 N–H and O–H groups in total. The molecule has 0 spiro atoms. The minimum absolute atomic E-state index is 0.0651. The molecule has 8 heteroatoms. The van der Waals surface area contributed by atoms with Gasteiger partial charge in [-0.05, 0) is 29.8 Å². The van der Waals surface area contributed by atoms with Crippen molar-refractivity contribution in [2.24, 2.45) is 0 Å². The minimum Gasteiger partial charge on any atom is -0.618 e. The van der Waals surface area contributed by atoms with Gasteiger partial charge in [0.2, 0.25) is 10.0 Å². The lowest BCUT2D eigenvalue weighted by atomic mass is 10.1. The lowest BCUT2D eigenvalue weighted by molar-refractivity contribution is -0.645. The lowest BCUT2D eigenvalue weighted by Crippen LogP contribution is -2.28. The molecular formula is C16H18N2O4S2. The Bertz CT molecular complexity index is 805. The largest absolute Gasteiger partial charge is 0.618 e. The van der Waals surface area contributed by atoms with Crippen LogP contribution in [0, 0.1) is 5.21 Å². The molecule has 2 rings (SSSR count). The normalized spacial score (nSPS) is 11.4. The first kappa shape index (κ1) is 18.4. The third kappa shape index (κ3) is 5.95. The Kier molecular flexibility index (Phi) is 6.36. The lowest BCUT2D eigenvalue weighted by Gasteiger charge is -2.05. The fourth-order valence-electron chi connectivity index (χ4n) is 1.99. The van der Waals surface area contributed by atoms with E-state index in [9.17, 15) is 18.4 Å². The Morgan fingerprint density at radius 3 is 2.54 bits per heavy atom. The quantitative estimate of drug-likeness (QED) is 0.330. The summed E-state index contributed by atoms with van der Waals surface area (Å²) in [6, 6.07) is 12.1. The van der Waals surface area contributed by atoms with Crippen molar-refractivity contribution < 1.29 is 17.9 Å². The molecule has 1 aromatic carbocycles. The molecule has 0 saturated heterocycles. The van der Waals surface area contributed by atoms with Crippen molar-refractivity contribution in [3.8, 4) is 0 Å². The summed E-state index contributed by atoms with van der Waals surface area (Å²) in [5, 5.41) is 12.0. The number of Topliss-reactive ketones (excluding diaryl/α,β-unsaturated/α-hetero) is 1. The smallest absolute Gasteiger partial charge is 0.251 e. The van der Waals surface area contributed by atoms with E-state index in [4.69, 9.17) is 0 Å². The predicted molar refractivity (Wildman–Crippen MR) is 93.4 cm³/mol. The maximum Gasteiger partial charge on any atom is 0.251 e. The van der Waals surface area contributed by atoms with Gasteiger partial charge in [-0.25, -0.2) is 13.1 Å². The first-order chi connectivity index (χ1) is 11.3. The van der Waals surface area contributed by atoms with E-state index in [1.807, 2.05) is 0 Å². The summed E-state index contributed by atoms with van der Waals surface area (Å²) >= 11 is 1.20. The number of rotatable bonds is 8. The number of nitrogens with one attached hydrogen (secondary N) is 1. The Morgan fingerprint density at radius 2 is 1.92 bits per heavy atom. The zero-order chi connectivity index (χ0) is 17.6. The summed E-state index contributed by atoms with van der Waals surface area (Å²) in [6.07, 6.45) is 3.06. The van der Waals surface area contributed by atoms with Crippen LogP contribution in [0.25, 0.3) is 0 Å². The van der Waals surface area contributed by atoms with E-state index >= 15 is 0 Å². The fourth-order valence-corrected chi connectivity index (χ4v) is 3.27. The molecule has 6 nitrogen and oxygen atoms in total. The number of hydrogen-bond acceptors (Lipinski definition) is 5. The molecule has 0 aliphatic carbocycles. The van der Waals surface area contributed by atoms with E-state index in [0.717, 1.165) is 16.5 Å². The molecule has 0 bridgehead atoms.